The van der Waals surface area contributed by atoms with E-state index in [1.165, 1.54) is 0 Å². The Hall–Kier alpha value is -1.36. The van der Waals surface area contributed by atoms with Gasteiger partial charge in [-0.1, -0.05) is 6.92 Å². The molecule has 0 fully saturated rings. The number of aromatic nitrogens is 1. The number of nitrogens with zero attached hydrogens (tertiary/aromatic N) is 1. The summed E-state index contributed by atoms with van der Waals surface area (Å²) in [5.41, 5.74) is 5.39. The van der Waals surface area contributed by atoms with E-state index in [1.54, 1.807) is 13.1 Å². The first-order chi connectivity index (χ1) is 7.04. The number of amides is 1. The number of nitrogens with one attached hydrogen (secondary N) is 1. The second-order valence-electron chi connectivity index (χ2n) is 3.68. The van der Waals surface area contributed by atoms with Crippen molar-refractivity contribution in [1.82, 2.24) is 10.3 Å². The van der Waals surface area contributed by atoms with Gasteiger partial charge in [0, 0.05) is 12.5 Å². The first-order valence-electron chi connectivity index (χ1n) is 4.97. The molecule has 5 heteroatoms. The monoisotopic (exact) mass is 211 g/mol. The summed E-state index contributed by atoms with van der Waals surface area (Å²) in [5, 5.41) is 2.78. The van der Waals surface area contributed by atoms with Crippen molar-refractivity contribution in [1.29, 1.82) is 0 Å². The lowest BCUT2D eigenvalue weighted by molar-refractivity contribution is -0.125. The van der Waals surface area contributed by atoms with E-state index < -0.39 is 0 Å². The van der Waals surface area contributed by atoms with Crippen molar-refractivity contribution in [2.75, 3.05) is 6.54 Å². The molecule has 0 saturated heterocycles. The highest BCUT2D eigenvalue weighted by Crippen LogP contribution is 2.12. The first kappa shape index (κ1) is 11.7. The van der Waals surface area contributed by atoms with Gasteiger partial charge in [0.05, 0.1) is 6.20 Å². The van der Waals surface area contributed by atoms with Crippen LogP contribution >= 0.6 is 0 Å². The summed E-state index contributed by atoms with van der Waals surface area (Å²) in [6.07, 6.45) is 1.63. The van der Waals surface area contributed by atoms with E-state index in [0.717, 1.165) is 5.76 Å². The SMILES string of the molecule is Cc1cnc(C(C)NC(=O)C(C)CN)o1. The molecule has 5 nitrogen and oxygen atoms in total. The molecule has 0 spiro atoms. The standard InChI is InChI=1S/C10H17N3O2/c1-6(4-11)9(14)13-8(3)10-12-5-7(2)15-10/h5-6,8H,4,11H2,1-3H3,(H,13,14). The van der Waals surface area contributed by atoms with Gasteiger partial charge in [-0.3, -0.25) is 4.79 Å². The second kappa shape index (κ2) is 4.93. The molecule has 0 aliphatic rings. The molecule has 2 atom stereocenters. The Balaban J connectivity index is 2.56. The number of hydrogen-bond acceptors (Lipinski definition) is 4. The van der Waals surface area contributed by atoms with E-state index in [-0.39, 0.29) is 17.9 Å². The van der Waals surface area contributed by atoms with E-state index in [0.29, 0.717) is 12.4 Å². The molecule has 1 heterocycles. The van der Waals surface area contributed by atoms with Gasteiger partial charge in [-0.25, -0.2) is 4.98 Å². The fourth-order valence-corrected chi connectivity index (χ4v) is 1.10. The Bertz CT molecular complexity index is 335. The summed E-state index contributed by atoms with van der Waals surface area (Å²) in [4.78, 5) is 15.5. The van der Waals surface area contributed by atoms with Gasteiger partial charge >= 0.3 is 0 Å². The molecule has 3 N–H and O–H groups in total. The summed E-state index contributed by atoms with van der Waals surface area (Å²) >= 11 is 0. The number of oxazole rings is 1. The van der Waals surface area contributed by atoms with Crippen LogP contribution in [-0.4, -0.2) is 17.4 Å². The van der Waals surface area contributed by atoms with Gasteiger partial charge in [0.15, 0.2) is 0 Å². The maximum absolute atomic E-state index is 11.5. The second-order valence-corrected chi connectivity index (χ2v) is 3.68. The van der Waals surface area contributed by atoms with Crippen LogP contribution in [0.2, 0.25) is 0 Å². The molecule has 0 aliphatic heterocycles. The number of hydrogen-bond donors (Lipinski definition) is 2. The molecule has 0 radical (unpaired) electrons. The Morgan fingerprint density at radius 2 is 2.33 bits per heavy atom. The summed E-state index contributed by atoms with van der Waals surface area (Å²) in [5.74, 6) is 0.979. The minimum atomic E-state index is -0.222. The van der Waals surface area contributed by atoms with Crippen LogP contribution in [0.5, 0.6) is 0 Å². The lowest BCUT2D eigenvalue weighted by Gasteiger charge is -2.13. The van der Waals surface area contributed by atoms with Crippen molar-refractivity contribution < 1.29 is 9.21 Å². The Morgan fingerprint density at radius 1 is 1.67 bits per heavy atom. The summed E-state index contributed by atoms with van der Waals surface area (Å²) < 4.78 is 5.30. The lowest BCUT2D eigenvalue weighted by Crippen LogP contribution is -2.35. The maximum atomic E-state index is 11.5. The molecule has 0 saturated carbocycles. The van der Waals surface area contributed by atoms with Crippen molar-refractivity contribution in [3.05, 3.63) is 17.8 Å². The number of nitrogens with two attached hydrogens (primary N) is 1. The normalized spacial score (nSPS) is 14.7. The first-order valence-corrected chi connectivity index (χ1v) is 4.97. The zero-order chi connectivity index (χ0) is 11.4. The molecule has 1 rings (SSSR count). The summed E-state index contributed by atoms with van der Waals surface area (Å²) in [6.45, 7) is 5.76. The number of carbonyl (C=O) groups is 1. The number of rotatable bonds is 4. The van der Waals surface area contributed by atoms with E-state index in [4.69, 9.17) is 10.2 Å². The van der Waals surface area contributed by atoms with Gasteiger partial charge in [0.1, 0.15) is 11.8 Å². The molecular formula is C10H17N3O2. The Labute approximate surface area is 89.1 Å². The van der Waals surface area contributed by atoms with Crippen LogP contribution in [0.25, 0.3) is 0 Å². The largest absolute Gasteiger partial charge is 0.444 e. The molecule has 0 aliphatic carbocycles. The predicted octanol–water partition coefficient (Wildman–Crippen LogP) is 0.755. The minimum absolute atomic E-state index is 0.0825. The topological polar surface area (TPSA) is 81.2 Å². The maximum Gasteiger partial charge on any atom is 0.224 e. The van der Waals surface area contributed by atoms with Crippen LogP contribution in [-0.2, 0) is 4.79 Å². The predicted molar refractivity (Wildman–Crippen MR) is 56.0 cm³/mol. The fraction of sp³-hybridized carbons (Fsp3) is 0.600. The smallest absolute Gasteiger partial charge is 0.224 e. The molecular weight excluding hydrogens is 194 g/mol. The number of aryl methyl sites for hydroxylation is 1. The van der Waals surface area contributed by atoms with Crippen LogP contribution < -0.4 is 11.1 Å². The molecule has 1 aromatic rings. The third-order valence-corrected chi connectivity index (χ3v) is 2.17. The Kier molecular flexibility index (Phi) is 3.85. The van der Waals surface area contributed by atoms with Crippen molar-refractivity contribution in [2.24, 2.45) is 11.7 Å². The zero-order valence-corrected chi connectivity index (χ0v) is 9.28. The van der Waals surface area contributed by atoms with Crippen LogP contribution in [0.3, 0.4) is 0 Å². The number of carbonyl (C=O) groups excluding carboxylic acids is 1. The fourth-order valence-electron chi connectivity index (χ4n) is 1.10. The van der Waals surface area contributed by atoms with E-state index >= 15 is 0 Å². The average molecular weight is 211 g/mol. The quantitative estimate of drug-likeness (QED) is 0.770. The third kappa shape index (κ3) is 3.06. The van der Waals surface area contributed by atoms with Crippen LogP contribution in [0.15, 0.2) is 10.6 Å². The third-order valence-electron chi connectivity index (χ3n) is 2.17. The molecule has 0 bridgehead atoms. The van der Waals surface area contributed by atoms with Crippen molar-refractivity contribution >= 4 is 5.91 Å². The van der Waals surface area contributed by atoms with Crippen molar-refractivity contribution in [2.45, 2.75) is 26.8 Å². The zero-order valence-electron chi connectivity index (χ0n) is 9.28. The molecule has 1 amide bonds. The van der Waals surface area contributed by atoms with E-state index in [9.17, 15) is 4.79 Å². The molecule has 2 unspecified atom stereocenters. The van der Waals surface area contributed by atoms with E-state index in [1.807, 2.05) is 13.8 Å². The van der Waals surface area contributed by atoms with Gasteiger partial charge in [-0.2, -0.15) is 0 Å². The van der Waals surface area contributed by atoms with Crippen LogP contribution in [0.1, 0.15) is 31.5 Å². The molecule has 15 heavy (non-hydrogen) atoms. The summed E-state index contributed by atoms with van der Waals surface area (Å²) in [7, 11) is 0. The van der Waals surface area contributed by atoms with Gasteiger partial charge in [-0.15, -0.1) is 0 Å². The van der Waals surface area contributed by atoms with Gasteiger partial charge in [-0.05, 0) is 13.8 Å². The summed E-state index contributed by atoms with van der Waals surface area (Å²) in [6, 6.07) is -0.222. The van der Waals surface area contributed by atoms with Gasteiger partial charge in [0.2, 0.25) is 11.8 Å². The van der Waals surface area contributed by atoms with Gasteiger partial charge in [0.25, 0.3) is 0 Å². The lowest BCUT2D eigenvalue weighted by atomic mass is 10.1. The van der Waals surface area contributed by atoms with Gasteiger partial charge < -0.3 is 15.5 Å². The highest BCUT2D eigenvalue weighted by Gasteiger charge is 2.17. The molecule has 84 valence electrons. The Morgan fingerprint density at radius 3 is 2.80 bits per heavy atom. The molecule has 0 aromatic carbocycles. The van der Waals surface area contributed by atoms with Crippen molar-refractivity contribution in [3.63, 3.8) is 0 Å². The average Bonchev–Trinajstić information content (AvgIpc) is 2.63. The van der Waals surface area contributed by atoms with Crippen molar-refractivity contribution in [3.8, 4) is 0 Å². The highest BCUT2D eigenvalue weighted by molar-refractivity contribution is 5.78. The van der Waals surface area contributed by atoms with Crippen LogP contribution in [0.4, 0.5) is 0 Å². The van der Waals surface area contributed by atoms with E-state index in [2.05, 4.69) is 10.3 Å². The van der Waals surface area contributed by atoms with Crippen LogP contribution in [0, 0.1) is 12.8 Å². The highest BCUT2D eigenvalue weighted by atomic mass is 16.4. The molecule has 1 aromatic heterocycles. The minimum Gasteiger partial charge on any atom is -0.444 e.